The lowest BCUT2D eigenvalue weighted by atomic mass is 9.99. The molecule has 0 aromatic rings. The zero-order valence-corrected chi connectivity index (χ0v) is 38.4. The van der Waals surface area contributed by atoms with E-state index in [0.717, 1.165) is 38.5 Å². The summed E-state index contributed by atoms with van der Waals surface area (Å²) in [7, 11) is -5.06. The number of esters is 1. The monoisotopic (exact) mass is 867 g/mol. The Bertz CT molecular complexity index is 1050. The lowest BCUT2D eigenvalue weighted by Crippen LogP contribution is -2.60. The Morgan fingerprint density at radius 2 is 0.966 bits per heavy atom. The number of ether oxygens (including phenoxy) is 4. The maximum atomic E-state index is 12.9. The highest BCUT2D eigenvalue weighted by molar-refractivity contribution is 7.80. The minimum Gasteiger partial charge on any atom is -0.457 e. The molecule has 1 rings (SSSR count). The van der Waals surface area contributed by atoms with Crippen molar-refractivity contribution >= 4 is 16.4 Å². The van der Waals surface area contributed by atoms with Crippen molar-refractivity contribution in [2.24, 2.45) is 0 Å². The van der Waals surface area contributed by atoms with Crippen LogP contribution in [-0.2, 0) is 38.3 Å². The molecule has 1 aliphatic heterocycles. The van der Waals surface area contributed by atoms with Crippen LogP contribution in [0.25, 0.3) is 0 Å². The molecule has 12 nitrogen and oxygen atoms in total. The Labute approximate surface area is 360 Å². The van der Waals surface area contributed by atoms with Gasteiger partial charge in [0, 0.05) is 13.0 Å². The van der Waals surface area contributed by atoms with Crippen molar-refractivity contribution in [2.45, 2.75) is 263 Å². The van der Waals surface area contributed by atoms with Gasteiger partial charge < -0.3 is 34.3 Å². The fourth-order valence-electron chi connectivity index (χ4n) is 7.79. The van der Waals surface area contributed by atoms with Gasteiger partial charge in [0.25, 0.3) is 0 Å². The molecule has 6 atom stereocenters. The fraction of sp³-hybridized carbons (Fsp3) is 0.978. The smallest absolute Gasteiger partial charge is 0.397 e. The van der Waals surface area contributed by atoms with E-state index in [4.69, 9.17) is 23.5 Å². The minimum atomic E-state index is -5.06. The lowest BCUT2D eigenvalue weighted by Gasteiger charge is -2.41. The van der Waals surface area contributed by atoms with Crippen molar-refractivity contribution in [3.8, 4) is 0 Å². The lowest BCUT2D eigenvalue weighted by molar-refractivity contribution is -0.301. The number of rotatable bonds is 43. The van der Waals surface area contributed by atoms with Gasteiger partial charge in [-0.05, 0) is 12.8 Å². The molecular formula is C46H90O12S. The summed E-state index contributed by atoms with van der Waals surface area (Å²) in [5, 5.41) is 30.7. The third-order valence-electron chi connectivity index (χ3n) is 11.5. The molecule has 0 amide bonds. The third-order valence-corrected chi connectivity index (χ3v) is 11.9. The average Bonchev–Trinajstić information content (AvgIpc) is 3.20. The van der Waals surface area contributed by atoms with Gasteiger partial charge >= 0.3 is 16.4 Å². The maximum absolute atomic E-state index is 12.9. The topological polar surface area (TPSA) is 178 Å². The van der Waals surface area contributed by atoms with Crippen LogP contribution in [0.15, 0.2) is 0 Å². The van der Waals surface area contributed by atoms with Gasteiger partial charge in [-0.25, -0.2) is 4.18 Å². The molecule has 6 unspecified atom stereocenters. The van der Waals surface area contributed by atoms with Crippen molar-refractivity contribution in [1.82, 2.24) is 0 Å². The maximum Gasteiger partial charge on any atom is 0.397 e. The molecule has 1 aliphatic rings. The molecule has 13 heteroatoms. The summed E-state index contributed by atoms with van der Waals surface area (Å²) < 4.78 is 59.1. The molecule has 0 bridgehead atoms. The normalized spacial score (nSPS) is 20.3. The van der Waals surface area contributed by atoms with Crippen molar-refractivity contribution in [2.75, 3.05) is 26.4 Å². The first kappa shape index (κ1) is 56.1. The summed E-state index contributed by atoms with van der Waals surface area (Å²) in [4.78, 5) is 12.9. The Kier molecular flexibility index (Phi) is 36.9. The highest BCUT2D eigenvalue weighted by Gasteiger charge is 2.48. The van der Waals surface area contributed by atoms with Crippen LogP contribution in [0.3, 0.4) is 0 Å². The fourth-order valence-corrected chi connectivity index (χ4v) is 8.30. The quantitative estimate of drug-likeness (QED) is 0.0259. The number of hydrogen-bond acceptors (Lipinski definition) is 11. The van der Waals surface area contributed by atoms with Crippen LogP contribution in [0.5, 0.6) is 0 Å². The van der Waals surface area contributed by atoms with Gasteiger partial charge in [-0.1, -0.05) is 206 Å². The molecular weight excluding hydrogens is 777 g/mol. The average molecular weight is 867 g/mol. The van der Waals surface area contributed by atoms with E-state index in [9.17, 15) is 28.5 Å². The van der Waals surface area contributed by atoms with E-state index in [0.29, 0.717) is 13.0 Å². The van der Waals surface area contributed by atoms with Gasteiger partial charge in [0.1, 0.15) is 30.5 Å². The number of carbonyl (C=O) groups is 1. The van der Waals surface area contributed by atoms with Crippen LogP contribution in [0.1, 0.15) is 226 Å². The first-order valence-electron chi connectivity index (χ1n) is 24.3. The van der Waals surface area contributed by atoms with Crippen LogP contribution in [0, 0.1) is 0 Å². The number of aliphatic hydroxyl groups excluding tert-OH is 3. The molecule has 0 aromatic carbocycles. The van der Waals surface area contributed by atoms with E-state index in [1.807, 2.05) is 0 Å². The first-order chi connectivity index (χ1) is 28.6. The van der Waals surface area contributed by atoms with E-state index in [1.165, 1.54) is 161 Å². The summed E-state index contributed by atoms with van der Waals surface area (Å²) in [6.45, 7) is 4.04. The molecule has 0 aromatic heterocycles. The number of unbranched alkanes of at least 4 members (excludes halogenated alkanes) is 30. The minimum absolute atomic E-state index is 0.0449. The third kappa shape index (κ3) is 32.4. The second-order valence-corrected chi connectivity index (χ2v) is 18.1. The van der Waals surface area contributed by atoms with Crippen molar-refractivity contribution < 1.29 is 56.2 Å². The van der Waals surface area contributed by atoms with Crippen LogP contribution in [0.4, 0.5) is 0 Å². The van der Waals surface area contributed by atoms with Crippen LogP contribution in [0.2, 0.25) is 0 Å². The molecule has 1 fully saturated rings. The number of carbonyl (C=O) groups excluding carboxylic acids is 1. The molecule has 0 radical (unpaired) electrons. The molecule has 59 heavy (non-hydrogen) atoms. The van der Waals surface area contributed by atoms with E-state index in [1.54, 1.807) is 0 Å². The second kappa shape index (κ2) is 38.7. The van der Waals surface area contributed by atoms with E-state index in [2.05, 4.69) is 18.0 Å². The molecule has 0 spiro atoms. The summed E-state index contributed by atoms with van der Waals surface area (Å²) >= 11 is 0. The second-order valence-electron chi connectivity index (χ2n) is 17.1. The highest BCUT2D eigenvalue weighted by atomic mass is 32.3. The van der Waals surface area contributed by atoms with Gasteiger partial charge in [0.05, 0.1) is 19.8 Å². The highest BCUT2D eigenvalue weighted by Crippen LogP contribution is 2.26. The van der Waals surface area contributed by atoms with Gasteiger partial charge in [-0.2, -0.15) is 8.42 Å². The molecule has 352 valence electrons. The zero-order valence-electron chi connectivity index (χ0n) is 37.6. The summed E-state index contributed by atoms with van der Waals surface area (Å²) in [5.41, 5.74) is 0. The van der Waals surface area contributed by atoms with E-state index < -0.39 is 59.8 Å². The van der Waals surface area contributed by atoms with Crippen LogP contribution >= 0.6 is 0 Å². The first-order valence-corrected chi connectivity index (χ1v) is 25.7. The predicted molar refractivity (Wildman–Crippen MR) is 235 cm³/mol. The van der Waals surface area contributed by atoms with Gasteiger partial charge in [0.15, 0.2) is 6.29 Å². The summed E-state index contributed by atoms with van der Waals surface area (Å²) in [6.07, 6.45) is 31.3. The molecule has 4 N–H and O–H groups in total. The Morgan fingerprint density at radius 1 is 0.576 bits per heavy atom. The summed E-state index contributed by atoms with van der Waals surface area (Å²) in [6, 6.07) is 0. The van der Waals surface area contributed by atoms with E-state index >= 15 is 0 Å². The predicted octanol–water partition coefficient (Wildman–Crippen LogP) is 10.5. The SMILES string of the molecule is CCCCCCCCCCCCCCCCCCCCOCC(COC1OC(CO)C(O)C(OS(=O)(=O)O)C1O)OC(=O)CCCCCCCCCCCCCCCC. The van der Waals surface area contributed by atoms with Crippen molar-refractivity contribution in [3.05, 3.63) is 0 Å². The Balaban J connectivity index is 2.37. The standard InChI is InChI=1S/C46H90O12S/c1-3-5-7-9-11-13-15-17-19-20-21-22-24-26-28-30-32-34-36-54-38-40(39-55-46-44(50)45(58-59(51,52)53)43(49)41(37-47)57-46)56-42(48)35-33-31-29-27-25-23-18-16-14-12-10-8-6-4-2/h40-41,43-47,49-50H,3-39H2,1-2H3,(H,51,52,53). The van der Waals surface area contributed by atoms with Gasteiger partial charge in [-0.15, -0.1) is 0 Å². The molecule has 0 aliphatic carbocycles. The number of hydrogen-bond donors (Lipinski definition) is 4. The zero-order chi connectivity index (χ0) is 43.2. The van der Waals surface area contributed by atoms with E-state index in [-0.39, 0.29) is 19.6 Å². The molecule has 1 heterocycles. The van der Waals surface area contributed by atoms with Crippen molar-refractivity contribution in [3.63, 3.8) is 0 Å². The number of aliphatic hydroxyl groups is 3. The Hall–Kier alpha value is -0.900. The Morgan fingerprint density at radius 3 is 1.36 bits per heavy atom. The molecule has 1 saturated heterocycles. The van der Waals surface area contributed by atoms with Crippen LogP contribution in [-0.4, -0.2) is 97.5 Å². The van der Waals surface area contributed by atoms with Gasteiger partial charge in [-0.3, -0.25) is 9.35 Å². The van der Waals surface area contributed by atoms with Gasteiger partial charge in [0.2, 0.25) is 0 Å². The van der Waals surface area contributed by atoms with Crippen LogP contribution < -0.4 is 0 Å². The summed E-state index contributed by atoms with van der Waals surface area (Å²) in [5.74, 6) is -0.393. The largest absolute Gasteiger partial charge is 0.457 e. The van der Waals surface area contributed by atoms with Crippen molar-refractivity contribution in [1.29, 1.82) is 0 Å². The molecule has 0 saturated carbocycles.